The number of aliphatic carboxylic acids is 1. The molecule has 9 heteroatoms. The van der Waals surface area contributed by atoms with Crippen LogP contribution in [0.5, 0.6) is 0 Å². The Kier molecular flexibility index (Phi) is 13.2. The average Bonchev–Trinajstić information content (AvgIpc) is 1.59. The Hall–Kier alpha value is 1.34. The van der Waals surface area contributed by atoms with Crippen LogP contribution in [0.4, 0.5) is 0 Å². The Morgan fingerprint density at radius 1 is 1.45 bits per heavy atom. The van der Waals surface area contributed by atoms with Gasteiger partial charge in [0.15, 0.2) is 6.61 Å². The molecular weight excluding hydrogens is 198 g/mol. The maximum atomic E-state index is 9.61. The molecule has 0 radical (unpaired) electrons. The molecule has 0 aliphatic carbocycles. The first kappa shape index (κ1) is 18.2. The van der Waals surface area contributed by atoms with Crippen molar-refractivity contribution in [3.63, 3.8) is 0 Å². The van der Waals surface area contributed by atoms with Crippen LogP contribution in [0.25, 0.3) is 0 Å². The first-order valence-electron chi connectivity index (χ1n) is 1.75. The van der Waals surface area contributed by atoms with Crippen LogP contribution in [0.1, 0.15) is 2.85 Å². The zero-order chi connectivity index (χ0) is 7.49. The van der Waals surface area contributed by atoms with Crippen molar-refractivity contribution in [3.05, 3.63) is 0 Å². The zero-order valence-corrected chi connectivity index (χ0v) is 11.0. The summed E-state index contributed by atoms with van der Waals surface area (Å²) < 4.78 is 30.4. The molecule has 0 aliphatic rings. The van der Waals surface area contributed by atoms with Crippen LogP contribution in [0.2, 0.25) is 0 Å². The summed E-state index contributed by atoms with van der Waals surface area (Å²) in [6.45, 7) is -1.06. The molecule has 0 fully saturated rings. The summed E-state index contributed by atoms with van der Waals surface area (Å²) in [7, 11) is -4.60. The van der Waals surface area contributed by atoms with Crippen LogP contribution in [0.15, 0.2) is 0 Å². The summed E-state index contributed by atoms with van der Waals surface area (Å²) in [4.78, 5) is 9.55. The molecule has 0 saturated carbocycles. The number of carboxylic acids is 1. The molecule has 0 aliphatic heterocycles. The number of carboxylic acid groups (broad SMARTS) is 1. The normalized spacial score (nSPS) is 9.18. The van der Waals surface area contributed by atoms with Gasteiger partial charge in [-0.3, -0.25) is 4.55 Å². The minimum Gasteiger partial charge on any atom is -1.00 e. The van der Waals surface area contributed by atoms with E-state index in [-0.39, 0.29) is 62.0 Å². The van der Waals surface area contributed by atoms with E-state index in [1.165, 1.54) is 0 Å². The van der Waals surface area contributed by atoms with E-state index < -0.39 is 23.0 Å². The van der Waals surface area contributed by atoms with Gasteiger partial charge in [-0.2, -0.15) is 8.42 Å². The molecule has 0 unspecified atom stereocenters. The van der Waals surface area contributed by atoms with Gasteiger partial charge in [0.2, 0.25) is 0 Å². The van der Waals surface area contributed by atoms with Gasteiger partial charge in [-0.15, -0.1) is 0 Å². The SMILES string of the molecule is O=C(O)COS(=O)(=O)O.[H-].[H-].[Na+].[Na+]. The van der Waals surface area contributed by atoms with Crippen molar-refractivity contribution in [2.24, 2.45) is 0 Å². The minimum atomic E-state index is -4.60. The van der Waals surface area contributed by atoms with Crippen molar-refractivity contribution in [3.8, 4) is 0 Å². The first-order valence-corrected chi connectivity index (χ1v) is 3.12. The van der Waals surface area contributed by atoms with Crippen molar-refractivity contribution in [1.82, 2.24) is 0 Å². The Morgan fingerprint density at radius 3 is 1.91 bits per heavy atom. The van der Waals surface area contributed by atoms with Gasteiger partial charge in [-0.05, 0) is 0 Å². The van der Waals surface area contributed by atoms with Crippen LogP contribution >= 0.6 is 0 Å². The van der Waals surface area contributed by atoms with E-state index in [9.17, 15) is 13.2 Å². The second-order valence-corrected chi connectivity index (χ2v) is 2.17. The molecule has 0 atom stereocenters. The molecule has 58 valence electrons. The van der Waals surface area contributed by atoms with Gasteiger partial charge in [0.25, 0.3) is 0 Å². The molecule has 0 saturated heterocycles. The maximum absolute atomic E-state index is 9.61. The predicted octanol–water partition coefficient (Wildman–Crippen LogP) is -6.88. The summed E-state index contributed by atoms with van der Waals surface area (Å²) in [5.74, 6) is -1.47. The van der Waals surface area contributed by atoms with E-state index in [1.54, 1.807) is 0 Å². The van der Waals surface area contributed by atoms with Gasteiger partial charge in [-0.1, -0.05) is 0 Å². The largest absolute Gasteiger partial charge is 1.00 e. The molecule has 0 spiro atoms. The summed E-state index contributed by atoms with van der Waals surface area (Å²) >= 11 is 0. The van der Waals surface area contributed by atoms with E-state index in [0.717, 1.165) is 0 Å². The second-order valence-electron chi connectivity index (χ2n) is 1.08. The second kappa shape index (κ2) is 7.96. The third-order valence-electron chi connectivity index (χ3n) is 0.331. The molecule has 0 aromatic rings. The zero-order valence-electron chi connectivity index (χ0n) is 8.14. The number of hydrogen-bond donors (Lipinski definition) is 2. The third-order valence-corrected chi connectivity index (χ3v) is 0.747. The van der Waals surface area contributed by atoms with E-state index in [4.69, 9.17) is 9.66 Å². The average molecular weight is 204 g/mol. The number of rotatable bonds is 3. The molecule has 0 bridgehead atoms. The van der Waals surface area contributed by atoms with Crippen LogP contribution in [-0.4, -0.2) is 30.7 Å². The fourth-order valence-corrected chi connectivity index (χ4v) is 0.375. The molecular formula is C2H6Na2O6S. The topological polar surface area (TPSA) is 101 Å². The summed E-state index contributed by atoms with van der Waals surface area (Å²) in [6, 6.07) is 0. The third kappa shape index (κ3) is 18.4. The van der Waals surface area contributed by atoms with Crippen molar-refractivity contribution >= 4 is 16.4 Å². The van der Waals surface area contributed by atoms with Crippen molar-refractivity contribution in [2.45, 2.75) is 0 Å². The predicted molar refractivity (Wildman–Crippen MR) is 27.4 cm³/mol. The Balaban J connectivity index is -0.0000000533. The number of carbonyl (C=O) groups is 1. The van der Waals surface area contributed by atoms with Gasteiger partial charge in [0.1, 0.15) is 0 Å². The maximum Gasteiger partial charge on any atom is 1.00 e. The molecule has 0 aromatic heterocycles. The number of hydrogen-bond acceptors (Lipinski definition) is 4. The van der Waals surface area contributed by atoms with Crippen LogP contribution in [0.3, 0.4) is 0 Å². The molecule has 6 nitrogen and oxygen atoms in total. The van der Waals surface area contributed by atoms with Gasteiger partial charge in [0, 0.05) is 0 Å². The standard InChI is InChI=1S/C2H4O6S.2Na.2H/c3-2(4)1-8-9(5,6)7;;;;/h1H2,(H,3,4)(H,5,6,7);;;;/q;2*+1;2*-1. The van der Waals surface area contributed by atoms with Gasteiger partial charge in [0.05, 0.1) is 0 Å². The molecule has 0 heterocycles. The molecule has 0 amide bonds. The van der Waals surface area contributed by atoms with Crippen molar-refractivity contribution in [2.75, 3.05) is 6.61 Å². The fourth-order valence-electron chi connectivity index (χ4n) is 0.125. The van der Waals surface area contributed by atoms with Gasteiger partial charge >= 0.3 is 75.5 Å². The van der Waals surface area contributed by atoms with E-state index >= 15 is 0 Å². The van der Waals surface area contributed by atoms with Crippen LogP contribution in [0, 0.1) is 0 Å². The van der Waals surface area contributed by atoms with E-state index in [0.29, 0.717) is 0 Å². The smallest absolute Gasteiger partial charge is 1.00 e. The summed E-state index contributed by atoms with van der Waals surface area (Å²) in [6.07, 6.45) is 0. The molecule has 0 rings (SSSR count). The fraction of sp³-hybridized carbons (Fsp3) is 0.500. The summed E-state index contributed by atoms with van der Waals surface area (Å²) in [5.41, 5.74) is 0. The Bertz CT molecular complexity index is 205. The summed E-state index contributed by atoms with van der Waals surface area (Å²) in [5, 5.41) is 7.78. The Morgan fingerprint density at radius 2 is 1.82 bits per heavy atom. The van der Waals surface area contributed by atoms with Crippen LogP contribution in [-0.2, 0) is 19.4 Å². The van der Waals surface area contributed by atoms with Crippen LogP contribution < -0.4 is 59.1 Å². The van der Waals surface area contributed by atoms with E-state index in [1.807, 2.05) is 0 Å². The monoisotopic (exact) mass is 204 g/mol. The first-order chi connectivity index (χ1) is 3.92. The molecule has 2 N–H and O–H groups in total. The van der Waals surface area contributed by atoms with E-state index in [2.05, 4.69) is 4.18 Å². The minimum absolute atomic E-state index is 0. The van der Waals surface area contributed by atoms with Gasteiger partial charge < -0.3 is 7.96 Å². The van der Waals surface area contributed by atoms with Gasteiger partial charge in [-0.25, -0.2) is 8.98 Å². The molecule has 11 heavy (non-hydrogen) atoms. The van der Waals surface area contributed by atoms with Crippen molar-refractivity contribution < 1.29 is 89.0 Å². The van der Waals surface area contributed by atoms with Crippen molar-refractivity contribution in [1.29, 1.82) is 0 Å². The Labute approximate surface area is 111 Å². The molecule has 0 aromatic carbocycles. The quantitative estimate of drug-likeness (QED) is 0.350.